The van der Waals surface area contributed by atoms with E-state index in [0.29, 0.717) is 6.54 Å². The van der Waals surface area contributed by atoms with E-state index in [1.54, 1.807) is 12.0 Å². The summed E-state index contributed by atoms with van der Waals surface area (Å²) >= 11 is 0. The Morgan fingerprint density at radius 2 is 1.72 bits per heavy atom. The number of para-hydroxylation sites is 1. The molecule has 0 saturated heterocycles. The molecule has 0 spiro atoms. The summed E-state index contributed by atoms with van der Waals surface area (Å²) in [6, 6.07) is 17.4. The molecule has 0 saturated carbocycles. The van der Waals surface area contributed by atoms with Crippen molar-refractivity contribution in [3.63, 3.8) is 0 Å². The van der Waals surface area contributed by atoms with Gasteiger partial charge in [-0.1, -0.05) is 30.3 Å². The number of nitrogens with zero attached hydrogens (tertiary/aromatic N) is 2. The highest BCUT2D eigenvalue weighted by atomic mass is 16.5. The van der Waals surface area contributed by atoms with E-state index in [1.165, 1.54) is 0 Å². The monoisotopic (exact) mass is 238 g/mol. The van der Waals surface area contributed by atoms with E-state index in [4.69, 9.17) is 4.74 Å². The molecule has 0 amide bonds. The Balaban J connectivity index is 2.13. The first-order valence-electron chi connectivity index (χ1n) is 5.69. The number of benzene rings is 2. The molecule has 0 unspecified atom stereocenters. The predicted octanol–water partition coefficient (Wildman–Crippen LogP) is 3.18. The van der Waals surface area contributed by atoms with Crippen LogP contribution < -0.4 is 9.64 Å². The topological polar surface area (TPSA) is 36.3 Å². The summed E-state index contributed by atoms with van der Waals surface area (Å²) in [6.07, 6.45) is 2.20. The second-order valence-electron chi connectivity index (χ2n) is 3.87. The van der Waals surface area contributed by atoms with E-state index in [1.807, 2.05) is 54.6 Å². The molecule has 0 aliphatic rings. The van der Waals surface area contributed by atoms with Crippen LogP contribution in [-0.4, -0.2) is 7.11 Å². The van der Waals surface area contributed by atoms with Crippen molar-refractivity contribution < 1.29 is 4.74 Å². The summed E-state index contributed by atoms with van der Waals surface area (Å²) < 4.78 is 5.11. The first-order chi connectivity index (χ1) is 8.83. The number of anilines is 1. The molecular formula is C15H14N2O. The second kappa shape index (κ2) is 5.74. The maximum absolute atomic E-state index is 9.19. The van der Waals surface area contributed by atoms with Gasteiger partial charge in [-0.15, -0.1) is 0 Å². The van der Waals surface area contributed by atoms with Crippen molar-refractivity contribution in [2.24, 2.45) is 0 Å². The fraction of sp³-hybridized carbons (Fsp3) is 0.133. The van der Waals surface area contributed by atoms with Crippen molar-refractivity contribution in [2.75, 3.05) is 12.0 Å². The standard InChI is InChI=1S/C15H14N2O/c1-18-15-9-7-13(8-10-15)11-17(12-16)14-5-3-2-4-6-14/h2-10H,11H2,1H3. The van der Waals surface area contributed by atoms with E-state index in [0.717, 1.165) is 17.0 Å². The molecule has 18 heavy (non-hydrogen) atoms. The lowest BCUT2D eigenvalue weighted by atomic mass is 10.2. The van der Waals surface area contributed by atoms with Crippen LogP contribution in [0.15, 0.2) is 54.6 Å². The molecule has 90 valence electrons. The average Bonchev–Trinajstić information content (AvgIpc) is 2.46. The Hall–Kier alpha value is -2.47. The molecule has 0 aromatic heterocycles. The largest absolute Gasteiger partial charge is 0.497 e. The van der Waals surface area contributed by atoms with Gasteiger partial charge in [-0.3, -0.25) is 4.90 Å². The van der Waals surface area contributed by atoms with Crippen molar-refractivity contribution in [3.05, 3.63) is 60.2 Å². The molecule has 0 radical (unpaired) electrons. The van der Waals surface area contributed by atoms with Crippen molar-refractivity contribution in [2.45, 2.75) is 6.54 Å². The lowest BCUT2D eigenvalue weighted by molar-refractivity contribution is 0.414. The minimum atomic E-state index is 0.560. The van der Waals surface area contributed by atoms with Crippen LogP contribution in [0.3, 0.4) is 0 Å². The Morgan fingerprint density at radius 1 is 1.06 bits per heavy atom. The zero-order valence-electron chi connectivity index (χ0n) is 10.2. The summed E-state index contributed by atoms with van der Waals surface area (Å²) in [7, 11) is 1.64. The molecule has 0 bridgehead atoms. The molecule has 2 aromatic carbocycles. The third-order valence-electron chi connectivity index (χ3n) is 2.69. The molecule has 3 nitrogen and oxygen atoms in total. The number of methoxy groups -OCH3 is 1. The van der Waals surface area contributed by atoms with Gasteiger partial charge in [-0.05, 0) is 29.8 Å². The molecular weight excluding hydrogens is 224 g/mol. The van der Waals surface area contributed by atoms with Gasteiger partial charge in [0.05, 0.1) is 19.3 Å². The highest BCUT2D eigenvalue weighted by Crippen LogP contribution is 2.17. The molecule has 2 aromatic rings. The van der Waals surface area contributed by atoms with Crippen LogP contribution in [-0.2, 0) is 6.54 Å². The van der Waals surface area contributed by atoms with Gasteiger partial charge in [-0.2, -0.15) is 5.26 Å². The summed E-state index contributed by atoms with van der Waals surface area (Å²) in [5.41, 5.74) is 1.97. The lowest BCUT2D eigenvalue weighted by Crippen LogP contribution is -2.15. The van der Waals surface area contributed by atoms with Crippen LogP contribution in [0.2, 0.25) is 0 Å². The van der Waals surface area contributed by atoms with Gasteiger partial charge >= 0.3 is 0 Å². The van der Waals surface area contributed by atoms with E-state index in [9.17, 15) is 5.26 Å². The van der Waals surface area contributed by atoms with Crippen molar-refractivity contribution in [3.8, 4) is 11.9 Å². The van der Waals surface area contributed by atoms with Crippen LogP contribution >= 0.6 is 0 Å². The Kier molecular flexibility index (Phi) is 3.83. The first-order valence-corrected chi connectivity index (χ1v) is 5.69. The molecule has 3 heteroatoms. The molecule has 0 atom stereocenters. The van der Waals surface area contributed by atoms with Gasteiger partial charge in [0.2, 0.25) is 0 Å². The zero-order valence-corrected chi connectivity index (χ0v) is 10.2. The van der Waals surface area contributed by atoms with Gasteiger partial charge in [0.25, 0.3) is 0 Å². The Labute approximate surface area is 107 Å². The second-order valence-corrected chi connectivity index (χ2v) is 3.87. The highest BCUT2D eigenvalue weighted by Gasteiger charge is 2.05. The molecule has 0 heterocycles. The zero-order chi connectivity index (χ0) is 12.8. The molecule has 0 N–H and O–H groups in total. The van der Waals surface area contributed by atoms with Crippen molar-refractivity contribution in [1.29, 1.82) is 5.26 Å². The molecule has 2 rings (SSSR count). The minimum absolute atomic E-state index is 0.560. The van der Waals surface area contributed by atoms with Crippen LogP contribution in [0.4, 0.5) is 5.69 Å². The summed E-state index contributed by atoms with van der Waals surface area (Å²) in [5, 5.41) is 9.19. The fourth-order valence-corrected chi connectivity index (χ4v) is 1.71. The van der Waals surface area contributed by atoms with Gasteiger partial charge in [0.15, 0.2) is 6.19 Å². The van der Waals surface area contributed by atoms with Gasteiger partial charge in [0, 0.05) is 0 Å². The number of nitriles is 1. The predicted molar refractivity (Wildman–Crippen MR) is 71.2 cm³/mol. The van der Waals surface area contributed by atoms with E-state index >= 15 is 0 Å². The quantitative estimate of drug-likeness (QED) is 0.606. The third kappa shape index (κ3) is 2.80. The smallest absolute Gasteiger partial charge is 0.184 e. The third-order valence-corrected chi connectivity index (χ3v) is 2.69. The van der Waals surface area contributed by atoms with Crippen LogP contribution in [0, 0.1) is 11.5 Å². The maximum atomic E-state index is 9.19. The van der Waals surface area contributed by atoms with E-state index in [-0.39, 0.29) is 0 Å². The molecule has 0 aliphatic heterocycles. The molecule has 0 aliphatic carbocycles. The highest BCUT2D eigenvalue weighted by molar-refractivity contribution is 5.50. The number of ether oxygens (including phenoxy) is 1. The number of hydrogen-bond acceptors (Lipinski definition) is 3. The maximum Gasteiger partial charge on any atom is 0.184 e. The summed E-state index contributed by atoms with van der Waals surface area (Å²) in [4.78, 5) is 1.65. The average molecular weight is 238 g/mol. The number of rotatable bonds is 4. The Morgan fingerprint density at radius 3 is 2.28 bits per heavy atom. The normalized spacial score (nSPS) is 9.56. The van der Waals surface area contributed by atoms with Crippen LogP contribution in [0.1, 0.15) is 5.56 Å². The van der Waals surface area contributed by atoms with Crippen molar-refractivity contribution in [1.82, 2.24) is 0 Å². The minimum Gasteiger partial charge on any atom is -0.497 e. The first kappa shape index (κ1) is 12.0. The summed E-state index contributed by atoms with van der Waals surface area (Å²) in [5.74, 6) is 0.821. The van der Waals surface area contributed by atoms with Gasteiger partial charge in [-0.25, -0.2) is 0 Å². The van der Waals surface area contributed by atoms with Crippen LogP contribution in [0.5, 0.6) is 5.75 Å². The van der Waals surface area contributed by atoms with Crippen LogP contribution in [0.25, 0.3) is 0 Å². The van der Waals surface area contributed by atoms with Gasteiger partial charge in [0.1, 0.15) is 5.75 Å². The Bertz CT molecular complexity index is 529. The number of hydrogen-bond donors (Lipinski definition) is 0. The lowest BCUT2D eigenvalue weighted by Gasteiger charge is -2.15. The molecule has 0 fully saturated rings. The van der Waals surface area contributed by atoms with E-state index in [2.05, 4.69) is 6.19 Å². The summed E-state index contributed by atoms with van der Waals surface area (Å²) in [6.45, 7) is 0.560. The van der Waals surface area contributed by atoms with Gasteiger partial charge < -0.3 is 4.74 Å². The SMILES string of the molecule is COc1ccc(CN(C#N)c2ccccc2)cc1. The van der Waals surface area contributed by atoms with Crippen molar-refractivity contribution >= 4 is 5.69 Å². The fourth-order valence-electron chi connectivity index (χ4n) is 1.71. The van der Waals surface area contributed by atoms with E-state index < -0.39 is 0 Å².